The van der Waals surface area contributed by atoms with E-state index in [9.17, 15) is 4.79 Å². The first-order valence-electron chi connectivity index (χ1n) is 8.59. The van der Waals surface area contributed by atoms with Crippen LogP contribution in [-0.4, -0.2) is 32.8 Å². The third kappa shape index (κ3) is 4.63. The van der Waals surface area contributed by atoms with E-state index in [1.54, 1.807) is 13.2 Å². The second kappa shape index (κ2) is 8.72. The summed E-state index contributed by atoms with van der Waals surface area (Å²) < 4.78 is 16.5. The van der Waals surface area contributed by atoms with Gasteiger partial charge in [-0.1, -0.05) is 0 Å². The Hall–Kier alpha value is -2.27. The third-order valence-corrected chi connectivity index (χ3v) is 4.17. The molecule has 2 rings (SSSR count). The fourth-order valence-corrected chi connectivity index (χ4v) is 2.71. The topological polar surface area (TPSA) is 60.7 Å². The lowest BCUT2D eigenvalue weighted by Gasteiger charge is -2.11. The number of nitrogens with one attached hydrogen (secondary N) is 1. The number of carbonyl (C=O) groups is 1. The van der Waals surface area contributed by atoms with Crippen molar-refractivity contribution in [3.05, 3.63) is 35.1 Å². The smallest absolute Gasteiger partial charge is 0.244 e. The zero-order valence-electron chi connectivity index (χ0n) is 15.7. The highest BCUT2D eigenvalue weighted by Gasteiger charge is 2.14. The average Bonchev–Trinajstić information content (AvgIpc) is 2.85. The molecule has 1 aromatic carbocycles. The molecule has 2 aromatic rings. The van der Waals surface area contributed by atoms with Gasteiger partial charge in [0.05, 0.1) is 6.61 Å². The number of hydrogen-bond acceptors (Lipinski definition) is 4. The molecule has 0 aliphatic rings. The Morgan fingerprint density at radius 1 is 1.32 bits per heavy atom. The number of hydrogen-bond donors (Lipinski definition) is 1. The van der Waals surface area contributed by atoms with Gasteiger partial charge in [0.15, 0.2) is 0 Å². The van der Waals surface area contributed by atoms with Crippen LogP contribution >= 0.6 is 0 Å². The van der Waals surface area contributed by atoms with Gasteiger partial charge in [-0.15, -0.1) is 0 Å². The summed E-state index contributed by atoms with van der Waals surface area (Å²) >= 11 is 0. The van der Waals surface area contributed by atoms with E-state index in [-0.39, 0.29) is 5.91 Å². The molecule has 5 heteroatoms. The second-order valence-corrected chi connectivity index (χ2v) is 6.03. The summed E-state index contributed by atoms with van der Waals surface area (Å²) in [5.41, 5.74) is 3.67. The number of rotatable bonds is 8. The van der Waals surface area contributed by atoms with Gasteiger partial charge in [-0.05, 0) is 51.3 Å². The lowest BCUT2D eigenvalue weighted by molar-refractivity contribution is -0.116. The summed E-state index contributed by atoms with van der Waals surface area (Å²) in [5.74, 6) is 1.51. The predicted octanol–water partition coefficient (Wildman–Crippen LogP) is 4.00. The van der Waals surface area contributed by atoms with Crippen molar-refractivity contribution in [3.8, 4) is 5.75 Å². The molecule has 1 aromatic heterocycles. The SMILES string of the molecule is CCOc1cc2oc(C)c(C)c2cc1/C(C)=C/C(=O)NCCCOC. The van der Waals surface area contributed by atoms with E-state index in [2.05, 4.69) is 5.32 Å². The van der Waals surface area contributed by atoms with Crippen LogP contribution in [0.1, 0.15) is 37.2 Å². The summed E-state index contributed by atoms with van der Waals surface area (Å²) in [4.78, 5) is 12.1. The van der Waals surface area contributed by atoms with E-state index in [0.717, 1.165) is 45.6 Å². The van der Waals surface area contributed by atoms with Gasteiger partial charge in [0.1, 0.15) is 17.1 Å². The minimum absolute atomic E-state index is 0.115. The van der Waals surface area contributed by atoms with Crippen LogP contribution in [0, 0.1) is 13.8 Å². The highest BCUT2D eigenvalue weighted by atomic mass is 16.5. The number of methoxy groups -OCH3 is 1. The number of ether oxygens (including phenoxy) is 2. The van der Waals surface area contributed by atoms with E-state index in [1.165, 1.54) is 0 Å². The minimum atomic E-state index is -0.115. The molecule has 0 radical (unpaired) electrons. The number of fused-ring (bicyclic) bond motifs is 1. The van der Waals surface area contributed by atoms with Gasteiger partial charge in [-0.25, -0.2) is 0 Å². The van der Waals surface area contributed by atoms with Crippen LogP contribution in [0.5, 0.6) is 5.75 Å². The van der Waals surface area contributed by atoms with Crippen LogP contribution in [0.15, 0.2) is 22.6 Å². The van der Waals surface area contributed by atoms with Crippen LogP contribution in [0.25, 0.3) is 16.5 Å². The van der Waals surface area contributed by atoms with Crippen molar-refractivity contribution < 1.29 is 18.7 Å². The first-order valence-corrected chi connectivity index (χ1v) is 8.59. The lowest BCUT2D eigenvalue weighted by atomic mass is 10.0. The number of furan rings is 1. The van der Waals surface area contributed by atoms with Gasteiger partial charge in [0.25, 0.3) is 0 Å². The molecule has 0 unspecified atom stereocenters. The van der Waals surface area contributed by atoms with Crippen molar-refractivity contribution in [2.24, 2.45) is 0 Å². The molecule has 0 atom stereocenters. The fraction of sp³-hybridized carbons (Fsp3) is 0.450. The largest absolute Gasteiger partial charge is 0.493 e. The summed E-state index contributed by atoms with van der Waals surface area (Å²) in [5, 5.41) is 3.91. The predicted molar refractivity (Wildman–Crippen MR) is 100 cm³/mol. The number of carbonyl (C=O) groups excluding carboxylic acids is 1. The van der Waals surface area contributed by atoms with Gasteiger partial charge in [0.2, 0.25) is 5.91 Å². The van der Waals surface area contributed by atoms with Gasteiger partial charge in [-0.3, -0.25) is 4.79 Å². The molecule has 5 nitrogen and oxygen atoms in total. The second-order valence-electron chi connectivity index (χ2n) is 6.03. The molecule has 136 valence electrons. The first kappa shape index (κ1) is 19.1. The Kier molecular flexibility index (Phi) is 6.65. The average molecular weight is 345 g/mol. The molecule has 1 heterocycles. The van der Waals surface area contributed by atoms with Gasteiger partial charge in [-0.2, -0.15) is 0 Å². The molecule has 0 bridgehead atoms. The van der Waals surface area contributed by atoms with E-state index in [4.69, 9.17) is 13.9 Å². The van der Waals surface area contributed by atoms with Crippen LogP contribution < -0.4 is 10.1 Å². The summed E-state index contributed by atoms with van der Waals surface area (Å²) in [7, 11) is 1.65. The summed E-state index contributed by atoms with van der Waals surface area (Å²) in [6, 6.07) is 3.94. The molecule has 0 aliphatic heterocycles. The first-order chi connectivity index (χ1) is 12.0. The van der Waals surface area contributed by atoms with E-state index in [1.807, 2.05) is 39.8 Å². The van der Waals surface area contributed by atoms with Crippen molar-refractivity contribution in [2.45, 2.75) is 34.1 Å². The molecule has 0 fully saturated rings. The number of benzene rings is 1. The molecule has 0 spiro atoms. The monoisotopic (exact) mass is 345 g/mol. The van der Waals surface area contributed by atoms with Gasteiger partial charge >= 0.3 is 0 Å². The number of amides is 1. The minimum Gasteiger partial charge on any atom is -0.493 e. The summed E-state index contributed by atoms with van der Waals surface area (Å²) in [6.45, 7) is 9.61. The fourth-order valence-electron chi connectivity index (χ4n) is 2.71. The lowest BCUT2D eigenvalue weighted by Crippen LogP contribution is -2.23. The molecular formula is C20H27NO4. The Morgan fingerprint density at radius 2 is 2.08 bits per heavy atom. The van der Waals surface area contributed by atoms with Gasteiger partial charge in [0, 0.05) is 43.4 Å². The Labute approximate surface area is 149 Å². The van der Waals surface area contributed by atoms with Crippen LogP contribution in [0.2, 0.25) is 0 Å². The maximum Gasteiger partial charge on any atom is 0.244 e. The van der Waals surface area contributed by atoms with E-state index in [0.29, 0.717) is 19.8 Å². The maximum atomic E-state index is 12.1. The standard InChI is InChI=1S/C20H27NO4/c1-6-24-18-12-19-17(14(3)15(4)25-19)11-16(18)13(2)10-20(22)21-8-7-9-23-5/h10-12H,6-9H2,1-5H3,(H,21,22)/b13-10+. The van der Waals surface area contributed by atoms with Crippen molar-refractivity contribution in [2.75, 3.05) is 26.9 Å². The van der Waals surface area contributed by atoms with Crippen molar-refractivity contribution in [1.82, 2.24) is 5.32 Å². The van der Waals surface area contributed by atoms with Crippen molar-refractivity contribution >= 4 is 22.4 Å². The molecule has 25 heavy (non-hydrogen) atoms. The zero-order valence-corrected chi connectivity index (χ0v) is 15.7. The van der Waals surface area contributed by atoms with E-state index >= 15 is 0 Å². The Morgan fingerprint density at radius 3 is 2.76 bits per heavy atom. The third-order valence-electron chi connectivity index (χ3n) is 4.17. The quantitative estimate of drug-likeness (QED) is 0.580. The Bertz CT molecular complexity index is 774. The summed E-state index contributed by atoms with van der Waals surface area (Å²) in [6.07, 6.45) is 2.40. The molecular weight excluding hydrogens is 318 g/mol. The zero-order chi connectivity index (χ0) is 18.4. The molecule has 1 N–H and O–H groups in total. The van der Waals surface area contributed by atoms with Crippen LogP contribution in [-0.2, 0) is 9.53 Å². The maximum absolute atomic E-state index is 12.1. The van der Waals surface area contributed by atoms with Crippen molar-refractivity contribution in [1.29, 1.82) is 0 Å². The highest BCUT2D eigenvalue weighted by Crippen LogP contribution is 2.34. The molecule has 0 aliphatic carbocycles. The van der Waals surface area contributed by atoms with Gasteiger partial charge < -0.3 is 19.2 Å². The molecule has 0 saturated heterocycles. The normalized spacial score (nSPS) is 11.8. The highest BCUT2D eigenvalue weighted by molar-refractivity contribution is 5.97. The number of allylic oxidation sites excluding steroid dienone is 1. The van der Waals surface area contributed by atoms with Crippen LogP contribution in [0.4, 0.5) is 0 Å². The number of aryl methyl sites for hydroxylation is 2. The van der Waals surface area contributed by atoms with Crippen molar-refractivity contribution in [3.63, 3.8) is 0 Å². The van der Waals surface area contributed by atoms with E-state index < -0.39 is 0 Å². The Balaban J connectivity index is 2.30. The van der Waals surface area contributed by atoms with Crippen LogP contribution in [0.3, 0.4) is 0 Å². The molecule has 0 saturated carbocycles. The molecule has 1 amide bonds.